The highest BCUT2D eigenvalue weighted by Crippen LogP contribution is 2.00. The standard InChI is InChI=1S/C9H19BrNO2/c1-9(12)13-8-7-11(2,3)6-4-5-10/h4-8H2,1-3H3/q+1. The van der Waals surface area contributed by atoms with Crippen LogP contribution in [0.2, 0.25) is 0 Å². The third-order valence-electron chi connectivity index (χ3n) is 1.90. The topological polar surface area (TPSA) is 26.3 Å². The summed E-state index contributed by atoms with van der Waals surface area (Å²) in [6, 6.07) is 0. The van der Waals surface area contributed by atoms with E-state index >= 15 is 0 Å². The predicted molar refractivity (Wildman–Crippen MR) is 56.9 cm³/mol. The summed E-state index contributed by atoms with van der Waals surface area (Å²) in [6.07, 6.45) is 1.15. The highest BCUT2D eigenvalue weighted by atomic mass is 79.9. The Bertz CT molecular complexity index is 160. The number of alkyl halides is 1. The van der Waals surface area contributed by atoms with E-state index in [2.05, 4.69) is 30.0 Å². The molecule has 78 valence electrons. The first-order valence-corrected chi connectivity index (χ1v) is 5.61. The van der Waals surface area contributed by atoms with Gasteiger partial charge in [0.05, 0.1) is 20.6 Å². The molecular formula is C9H19BrNO2+. The monoisotopic (exact) mass is 252 g/mol. The van der Waals surface area contributed by atoms with Gasteiger partial charge in [-0.25, -0.2) is 0 Å². The van der Waals surface area contributed by atoms with E-state index in [-0.39, 0.29) is 5.97 Å². The summed E-state index contributed by atoms with van der Waals surface area (Å²) in [6.45, 7) is 3.95. The third kappa shape index (κ3) is 8.25. The van der Waals surface area contributed by atoms with Crippen molar-refractivity contribution in [2.45, 2.75) is 13.3 Å². The Morgan fingerprint density at radius 1 is 1.38 bits per heavy atom. The fraction of sp³-hybridized carbons (Fsp3) is 0.889. The largest absolute Gasteiger partial charge is 0.460 e. The van der Waals surface area contributed by atoms with Crippen molar-refractivity contribution in [3.05, 3.63) is 0 Å². The number of carbonyl (C=O) groups excluding carboxylic acids is 1. The minimum absolute atomic E-state index is 0.194. The number of carbonyl (C=O) groups is 1. The second kappa shape index (κ2) is 6.38. The lowest BCUT2D eigenvalue weighted by Gasteiger charge is -2.29. The van der Waals surface area contributed by atoms with Crippen LogP contribution in [-0.2, 0) is 9.53 Å². The van der Waals surface area contributed by atoms with E-state index in [0.29, 0.717) is 6.61 Å². The molecule has 0 rings (SSSR count). The van der Waals surface area contributed by atoms with Gasteiger partial charge in [-0.2, -0.15) is 0 Å². The highest BCUT2D eigenvalue weighted by Gasteiger charge is 2.14. The fourth-order valence-electron chi connectivity index (χ4n) is 1.04. The molecule has 4 heteroatoms. The number of rotatable bonds is 6. The molecule has 3 nitrogen and oxygen atoms in total. The van der Waals surface area contributed by atoms with E-state index in [9.17, 15) is 4.79 Å². The van der Waals surface area contributed by atoms with Crippen LogP contribution in [0.15, 0.2) is 0 Å². The van der Waals surface area contributed by atoms with Crippen molar-refractivity contribution in [1.82, 2.24) is 0 Å². The van der Waals surface area contributed by atoms with Crippen molar-refractivity contribution in [1.29, 1.82) is 0 Å². The summed E-state index contributed by atoms with van der Waals surface area (Å²) in [4.78, 5) is 10.5. The number of likely N-dealkylation sites (N-methyl/N-ethyl adjacent to an activating group) is 1. The van der Waals surface area contributed by atoms with Crippen LogP contribution < -0.4 is 0 Å². The average molecular weight is 253 g/mol. The molecule has 13 heavy (non-hydrogen) atoms. The molecule has 0 N–H and O–H groups in total. The molecule has 0 bridgehead atoms. The SMILES string of the molecule is CC(=O)OCC[N+](C)(C)CCCBr. The van der Waals surface area contributed by atoms with Gasteiger partial charge in [0.15, 0.2) is 0 Å². The minimum atomic E-state index is -0.194. The molecule has 0 aliphatic rings. The third-order valence-corrected chi connectivity index (χ3v) is 2.46. The summed E-state index contributed by atoms with van der Waals surface area (Å²) in [5.74, 6) is -0.194. The Kier molecular flexibility index (Phi) is 6.33. The van der Waals surface area contributed by atoms with E-state index < -0.39 is 0 Å². The van der Waals surface area contributed by atoms with Gasteiger partial charge < -0.3 is 9.22 Å². The van der Waals surface area contributed by atoms with Gasteiger partial charge in [-0.1, -0.05) is 15.9 Å². The first kappa shape index (κ1) is 12.9. The number of halogens is 1. The van der Waals surface area contributed by atoms with Crippen LogP contribution in [0.3, 0.4) is 0 Å². The van der Waals surface area contributed by atoms with E-state index in [1.807, 2.05) is 0 Å². The summed E-state index contributed by atoms with van der Waals surface area (Å²) in [5.41, 5.74) is 0. The van der Waals surface area contributed by atoms with Crippen LogP contribution in [0.4, 0.5) is 0 Å². The molecule has 0 aromatic rings. The zero-order valence-electron chi connectivity index (χ0n) is 8.68. The molecule has 0 aliphatic heterocycles. The van der Waals surface area contributed by atoms with Gasteiger partial charge in [-0.3, -0.25) is 4.79 Å². The summed E-state index contributed by atoms with van der Waals surface area (Å²) in [5, 5.41) is 1.03. The lowest BCUT2D eigenvalue weighted by molar-refractivity contribution is -0.890. The Hall–Kier alpha value is -0.0900. The molecule has 0 unspecified atom stereocenters. The molecule has 0 saturated carbocycles. The summed E-state index contributed by atoms with van der Waals surface area (Å²) >= 11 is 3.40. The fourth-order valence-corrected chi connectivity index (χ4v) is 1.29. The van der Waals surface area contributed by atoms with Crippen molar-refractivity contribution >= 4 is 21.9 Å². The second-order valence-electron chi connectivity index (χ2n) is 3.77. The van der Waals surface area contributed by atoms with Crippen LogP contribution in [0.1, 0.15) is 13.3 Å². The highest BCUT2D eigenvalue weighted by molar-refractivity contribution is 9.09. The molecule has 0 atom stereocenters. The second-order valence-corrected chi connectivity index (χ2v) is 4.56. The molecule has 0 aromatic heterocycles. The Balaban J connectivity index is 3.56. The Morgan fingerprint density at radius 3 is 2.46 bits per heavy atom. The zero-order valence-corrected chi connectivity index (χ0v) is 10.3. The normalized spacial score (nSPS) is 11.4. The quantitative estimate of drug-likeness (QED) is 0.406. The van der Waals surface area contributed by atoms with E-state index in [4.69, 9.17) is 4.74 Å². The lowest BCUT2D eigenvalue weighted by atomic mass is 10.4. The van der Waals surface area contributed by atoms with Gasteiger partial charge in [-0.15, -0.1) is 0 Å². The molecule has 0 aliphatic carbocycles. The van der Waals surface area contributed by atoms with Crippen LogP contribution in [0.25, 0.3) is 0 Å². The molecule has 0 saturated heterocycles. The van der Waals surface area contributed by atoms with Crippen molar-refractivity contribution < 1.29 is 14.0 Å². The van der Waals surface area contributed by atoms with Crippen molar-refractivity contribution in [2.75, 3.05) is 39.1 Å². The number of quaternary nitrogens is 1. The van der Waals surface area contributed by atoms with Gasteiger partial charge in [-0.05, 0) is 0 Å². The summed E-state index contributed by atoms with van der Waals surface area (Å²) in [7, 11) is 4.29. The Morgan fingerprint density at radius 2 is 2.00 bits per heavy atom. The smallest absolute Gasteiger partial charge is 0.302 e. The van der Waals surface area contributed by atoms with E-state index in [1.54, 1.807) is 0 Å². The Labute approximate surface area is 88.8 Å². The molecular weight excluding hydrogens is 234 g/mol. The first-order valence-electron chi connectivity index (χ1n) is 4.49. The van der Waals surface area contributed by atoms with Crippen LogP contribution >= 0.6 is 15.9 Å². The first-order chi connectivity index (χ1) is 5.98. The van der Waals surface area contributed by atoms with Gasteiger partial charge >= 0.3 is 5.97 Å². The van der Waals surface area contributed by atoms with E-state index in [1.165, 1.54) is 6.92 Å². The average Bonchev–Trinajstić information content (AvgIpc) is 2.00. The number of hydrogen-bond acceptors (Lipinski definition) is 2. The molecule has 0 amide bonds. The van der Waals surface area contributed by atoms with Crippen molar-refractivity contribution in [3.63, 3.8) is 0 Å². The van der Waals surface area contributed by atoms with Crippen molar-refractivity contribution in [3.8, 4) is 0 Å². The molecule has 0 spiro atoms. The molecule has 0 radical (unpaired) electrons. The maximum Gasteiger partial charge on any atom is 0.302 e. The number of ether oxygens (including phenoxy) is 1. The molecule has 0 fully saturated rings. The molecule has 0 heterocycles. The van der Waals surface area contributed by atoms with Gasteiger partial charge in [0.25, 0.3) is 0 Å². The lowest BCUT2D eigenvalue weighted by Crippen LogP contribution is -2.43. The number of esters is 1. The predicted octanol–water partition coefficient (Wildman–Crippen LogP) is 1.41. The van der Waals surface area contributed by atoms with E-state index in [0.717, 1.165) is 29.3 Å². The number of nitrogens with zero attached hydrogens (tertiary/aromatic N) is 1. The maximum atomic E-state index is 10.5. The van der Waals surface area contributed by atoms with Gasteiger partial charge in [0.2, 0.25) is 0 Å². The van der Waals surface area contributed by atoms with Crippen LogP contribution in [0.5, 0.6) is 0 Å². The van der Waals surface area contributed by atoms with Gasteiger partial charge in [0.1, 0.15) is 13.2 Å². The van der Waals surface area contributed by atoms with Crippen LogP contribution in [-0.4, -0.2) is 49.6 Å². The summed E-state index contributed by atoms with van der Waals surface area (Å²) < 4.78 is 5.79. The minimum Gasteiger partial charge on any atom is -0.460 e. The zero-order chi connectivity index (χ0) is 10.3. The molecule has 0 aromatic carbocycles. The number of hydrogen-bond donors (Lipinski definition) is 0. The maximum absolute atomic E-state index is 10.5. The van der Waals surface area contributed by atoms with Crippen LogP contribution in [0, 0.1) is 0 Å². The van der Waals surface area contributed by atoms with Crippen molar-refractivity contribution in [2.24, 2.45) is 0 Å². The van der Waals surface area contributed by atoms with Gasteiger partial charge in [0, 0.05) is 18.7 Å².